The van der Waals surface area contributed by atoms with Crippen molar-refractivity contribution in [3.63, 3.8) is 0 Å². The van der Waals surface area contributed by atoms with Crippen molar-refractivity contribution < 1.29 is 0 Å². The first-order chi connectivity index (χ1) is 7.97. The molecule has 0 saturated heterocycles. The van der Waals surface area contributed by atoms with E-state index in [9.17, 15) is 0 Å². The molecule has 2 saturated carbocycles. The molecule has 16 heavy (non-hydrogen) atoms. The van der Waals surface area contributed by atoms with Crippen molar-refractivity contribution in [3.8, 4) is 0 Å². The topological polar surface area (TPSA) is 78.1 Å². The molecule has 3 nitrogen and oxygen atoms in total. The van der Waals surface area contributed by atoms with Gasteiger partial charge < -0.3 is 17.2 Å². The van der Waals surface area contributed by atoms with Crippen molar-refractivity contribution >= 4 is 0 Å². The van der Waals surface area contributed by atoms with Crippen molar-refractivity contribution in [3.05, 3.63) is 6.42 Å². The summed E-state index contributed by atoms with van der Waals surface area (Å²) in [6, 6.07) is 0. The number of rotatable bonds is 0. The number of hydrogen-bond donors (Lipinski definition) is 3. The third-order valence-corrected chi connectivity index (χ3v) is 3.28. The maximum atomic E-state index is 4.50. The van der Waals surface area contributed by atoms with Crippen molar-refractivity contribution in [2.45, 2.75) is 44.9 Å². The molecule has 0 aromatic heterocycles. The highest BCUT2D eigenvalue weighted by molar-refractivity contribution is 4.86. The van der Waals surface area contributed by atoms with Crippen LogP contribution in [0.15, 0.2) is 0 Å². The predicted molar refractivity (Wildman–Crippen MR) is 73.9 cm³/mol. The van der Waals surface area contributed by atoms with Gasteiger partial charge in [-0.15, -0.1) is 0 Å². The molecule has 2 aliphatic carbocycles. The van der Waals surface area contributed by atoms with Crippen LogP contribution in [-0.4, -0.2) is 21.1 Å². The summed E-state index contributed by atoms with van der Waals surface area (Å²) < 4.78 is 0. The van der Waals surface area contributed by atoms with Gasteiger partial charge >= 0.3 is 0 Å². The fraction of sp³-hybridized carbons (Fsp3) is 0.923. The first-order valence-electron chi connectivity index (χ1n) is 6.51. The van der Waals surface area contributed by atoms with Crippen LogP contribution in [0.3, 0.4) is 0 Å². The van der Waals surface area contributed by atoms with E-state index in [1.807, 2.05) is 0 Å². The van der Waals surface area contributed by atoms with Gasteiger partial charge in [0.15, 0.2) is 0 Å². The molecular weight excluding hydrogens is 198 g/mol. The zero-order chi connectivity index (χ0) is 12.8. The van der Waals surface area contributed by atoms with E-state index in [2.05, 4.69) is 23.6 Å². The smallest absolute Gasteiger partial charge is 0.0195 e. The highest BCUT2D eigenvalue weighted by atomic mass is 14.4. The van der Waals surface area contributed by atoms with Gasteiger partial charge in [-0.2, -0.15) is 0 Å². The Hall–Kier alpha value is -0.120. The average molecular weight is 230 g/mol. The Labute approximate surface area is 102 Å². The molecule has 3 heteroatoms. The van der Waals surface area contributed by atoms with E-state index in [-0.39, 0.29) is 0 Å². The van der Waals surface area contributed by atoms with Gasteiger partial charge in [0.1, 0.15) is 0 Å². The van der Waals surface area contributed by atoms with Crippen LogP contribution in [0.2, 0.25) is 0 Å². The van der Waals surface area contributed by atoms with Crippen molar-refractivity contribution in [2.75, 3.05) is 21.1 Å². The van der Waals surface area contributed by atoms with E-state index in [0.29, 0.717) is 0 Å². The quantitative estimate of drug-likeness (QED) is 0.595. The second-order valence-electron chi connectivity index (χ2n) is 3.91. The Bertz CT molecular complexity index is 91.7. The molecule has 2 fully saturated rings. The van der Waals surface area contributed by atoms with Crippen LogP contribution in [-0.2, 0) is 0 Å². The molecule has 99 valence electrons. The van der Waals surface area contributed by atoms with Gasteiger partial charge in [-0.1, -0.05) is 25.7 Å². The number of fused-ring (bicyclic) bond motifs is 1. The summed E-state index contributed by atoms with van der Waals surface area (Å²) in [4.78, 5) is 0. The molecule has 0 spiro atoms. The van der Waals surface area contributed by atoms with Crippen LogP contribution >= 0.6 is 0 Å². The largest absolute Gasteiger partial charge is 0.333 e. The normalized spacial score (nSPS) is 26.6. The van der Waals surface area contributed by atoms with Gasteiger partial charge in [0.25, 0.3) is 0 Å². The molecule has 2 atom stereocenters. The molecule has 0 bridgehead atoms. The molecule has 0 heterocycles. The Morgan fingerprint density at radius 2 is 1.25 bits per heavy atom. The molecule has 6 N–H and O–H groups in total. The van der Waals surface area contributed by atoms with Gasteiger partial charge in [0.05, 0.1) is 0 Å². The fourth-order valence-corrected chi connectivity index (χ4v) is 2.64. The third-order valence-electron chi connectivity index (χ3n) is 3.28. The Balaban J connectivity index is 0. The van der Waals surface area contributed by atoms with Crippen LogP contribution in [0.25, 0.3) is 0 Å². The minimum absolute atomic E-state index is 1.10. The molecule has 1 radical (unpaired) electrons. The third kappa shape index (κ3) is 7.20. The van der Waals surface area contributed by atoms with E-state index in [4.69, 9.17) is 0 Å². The fourth-order valence-electron chi connectivity index (χ4n) is 2.64. The van der Waals surface area contributed by atoms with Gasteiger partial charge in [0, 0.05) is 0 Å². The monoisotopic (exact) mass is 230 g/mol. The highest BCUT2D eigenvalue weighted by Gasteiger charge is 2.26. The Morgan fingerprint density at radius 1 is 0.750 bits per heavy atom. The zero-order valence-corrected chi connectivity index (χ0v) is 11.4. The van der Waals surface area contributed by atoms with E-state index in [0.717, 1.165) is 11.8 Å². The molecule has 0 amide bonds. The Kier molecular flexibility index (Phi) is 17.0. The summed E-state index contributed by atoms with van der Waals surface area (Å²) >= 11 is 0. The number of nitrogens with two attached hydrogens (primary N) is 3. The SMILES string of the molecule is CN.CN.CN.[CH]1CCC2CCCCC2C1. The van der Waals surface area contributed by atoms with Crippen molar-refractivity contribution in [1.29, 1.82) is 0 Å². The van der Waals surface area contributed by atoms with Crippen LogP contribution in [0.5, 0.6) is 0 Å². The van der Waals surface area contributed by atoms with E-state index in [1.54, 1.807) is 6.42 Å². The molecule has 0 aromatic rings. The van der Waals surface area contributed by atoms with E-state index in [1.165, 1.54) is 59.7 Å². The first-order valence-corrected chi connectivity index (χ1v) is 6.51. The zero-order valence-electron chi connectivity index (χ0n) is 11.4. The van der Waals surface area contributed by atoms with Crippen LogP contribution in [0, 0.1) is 18.3 Å². The summed E-state index contributed by atoms with van der Waals surface area (Å²) in [6.45, 7) is 0. The summed E-state index contributed by atoms with van der Waals surface area (Å²) in [5, 5.41) is 0. The Morgan fingerprint density at radius 3 is 1.75 bits per heavy atom. The minimum Gasteiger partial charge on any atom is -0.333 e. The molecular formula is C13H32N3. The van der Waals surface area contributed by atoms with Crippen LogP contribution in [0.4, 0.5) is 0 Å². The standard InChI is InChI=1S/C10H17.3CH5N/c1-2-6-10-8-4-3-7-9(10)5-1;3*1-2/h1,9-10H,2-8H2;3*2H2,1H3. The van der Waals surface area contributed by atoms with Gasteiger partial charge in [-0.05, 0) is 58.7 Å². The average Bonchev–Trinajstić information content (AvgIpc) is 2.45. The molecule has 2 aliphatic rings. The lowest BCUT2D eigenvalue weighted by atomic mass is 9.71. The predicted octanol–water partition coefficient (Wildman–Crippen LogP) is 1.91. The molecule has 2 rings (SSSR count). The lowest BCUT2D eigenvalue weighted by Crippen LogP contribution is -2.22. The molecule has 2 unspecified atom stereocenters. The van der Waals surface area contributed by atoms with Crippen LogP contribution < -0.4 is 17.2 Å². The number of hydrogen-bond acceptors (Lipinski definition) is 3. The highest BCUT2D eigenvalue weighted by Crippen LogP contribution is 2.39. The first kappa shape index (κ1) is 18.3. The summed E-state index contributed by atoms with van der Waals surface area (Å²) in [7, 11) is 4.50. The summed E-state index contributed by atoms with van der Waals surface area (Å²) in [6.07, 6.45) is 12.9. The van der Waals surface area contributed by atoms with Gasteiger partial charge in [-0.25, -0.2) is 0 Å². The van der Waals surface area contributed by atoms with Gasteiger partial charge in [-0.3, -0.25) is 0 Å². The lowest BCUT2D eigenvalue weighted by molar-refractivity contribution is 0.197. The maximum absolute atomic E-state index is 4.50. The molecule has 0 aromatic carbocycles. The van der Waals surface area contributed by atoms with E-state index >= 15 is 0 Å². The maximum Gasteiger partial charge on any atom is -0.0195 e. The lowest BCUT2D eigenvalue weighted by Gasteiger charge is -2.35. The molecule has 0 aliphatic heterocycles. The van der Waals surface area contributed by atoms with E-state index < -0.39 is 0 Å². The van der Waals surface area contributed by atoms with Crippen LogP contribution in [0.1, 0.15) is 44.9 Å². The minimum atomic E-state index is 1.10. The summed E-state index contributed by atoms with van der Waals surface area (Å²) in [5.74, 6) is 2.22. The second kappa shape index (κ2) is 14.9. The summed E-state index contributed by atoms with van der Waals surface area (Å²) in [5.41, 5.74) is 13.5. The second-order valence-corrected chi connectivity index (χ2v) is 3.91. The van der Waals surface area contributed by atoms with Crippen molar-refractivity contribution in [2.24, 2.45) is 29.0 Å². The van der Waals surface area contributed by atoms with Gasteiger partial charge in [0.2, 0.25) is 0 Å². The van der Waals surface area contributed by atoms with Crippen molar-refractivity contribution in [1.82, 2.24) is 0 Å².